The Kier molecular flexibility index (Phi) is 7.34. The molecule has 0 radical (unpaired) electrons. The summed E-state index contributed by atoms with van der Waals surface area (Å²) in [5.74, 6) is 1.26. The fourth-order valence-electron chi connectivity index (χ4n) is 4.29. The highest BCUT2D eigenvalue weighted by atomic mass is 16.5. The van der Waals surface area contributed by atoms with Crippen LogP contribution in [0.5, 0.6) is 11.5 Å². The van der Waals surface area contributed by atoms with Crippen LogP contribution in [-0.4, -0.2) is 63.4 Å². The second kappa shape index (κ2) is 9.94. The van der Waals surface area contributed by atoms with Crippen LogP contribution in [0.1, 0.15) is 37.7 Å². The Morgan fingerprint density at radius 3 is 2.54 bits per heavy atom. The Morgan fingerprint density at radius 1 is 1.14 bits per heavy atom. The summed E-state index contributed by atoms with van der Waals surface area (Å²) in [5.41, 5.74) is 0.975. The molecule has 1 N–H and O–H groups in total. The van der Waals surface area contributed by atoms with E-state index in [4.69, 9.17) is 14.2 Å². The van der Waals surface area contributed by atoms with Crippen LogP contribution in [0.3, 0.4) is 0 Å². The third-order valence-corrected chi connectivity index (χ3v) is 5.89. The molecule has 1 heterocycles. The van der Waals surface area contributed by atoms with Crippen molar-refractivity contribution in [3.63, 3.8) is 0 Å². The van der Waals surface area contributed by atoms with Gasteiger partial charge in [0.25, 0.3) is 0 Å². The number of nitrogens with one attached hydrogen (secondary N) is 1. The second-order valence-corrected chi connectivity index (χ2v) is 7.55. The molecule has 1 aliphatic heterocycles. The molecule has 1 aromatic carbocycles. The first-order valence-corrected chi connectivity index (χ1v) is 10.2. The van der Waals surface area contributed by atoms with E-state index in [-0.39, 0.29) is 11.4 Å². The number of nitrogens with zero attached hydrogens (tertiary/aromatic N) is 1. The van der Waals surface area contributed by atoms with Crippen molar-refractivity contribution in [2.24, 2.45) is 0 Å². The third kappa shape index (κ3) is 5.06. The van der Waals surface area contributed by atoms with E-state index < -0.39 is 0 Å². The molecule has 0 aromatic heterocycles. The summed E-state index contributed by atoms with van der Waals surface area (Å²) in [4.78, 5) is 15.0. The molecule has 1 aliphatic carbocycles. The highest BCUT2D eigenvalue weighted by Gasteiger charge is 2.38. The Morgan fingerprint density at radius 2 is 1.86 bits per heavy atom. The van der Waals surface area contributed by atoms with E-state index in [1.807, 2.05) is 18.2 Å². The SMILES string of the molecule is COc1ccc(/C=C/C(=O)NCC2(N3CCOCC3)CCCCC2)cc1OC. The van der Waals surface area contributed by atoms with E-state index in [0.29, 0.717) is 18.0 Å². The lowest BCUT2D eigenvalue weighted by Gasteiger charge is -2.48. The normalized spacial score (nSPS) is 20.1. The molecule has 0 spiro atoms. The maximum atomic E-state index is 12.5. The smallest absolute Gasteiger partial charge is 0.244 e. The molecular formula is C22H32N2O4. The van der Waals surface area contributed by atoms with Gasteiger partial charge in [-0.3, -0.25) is 9.69 Å². The predicted molar refractivity (Wildman–Crippen MR) is 110 cm³/mol. The van der Waals surface area contributed by atoms with Gasteiger partial charge in [-0.25, -0.2) is 0 Å². The highest BCUT2D eigenvalue weighted by Crippen LogP contribution is 2.34. The third-order valence-electron chi connectivity index (χ3n) is 5.89. The van der Waals surface area contributed by atoms with Gasteiger partial charge in [0.05, 0.1) is 27.4 Å². The zero-order valence-corrected chi connectivity index (χ0v) is 17.0. The fourth-order valence-corrected chi connectivity index (χ4v) is 4.29. The van der Waals surface area contributed by atoms with Crippen molar-refractivity contribution in [2.75, 3.05) is 47.1 Å². The predicted octanol–water partition coefficient (Wildman–Crippen LogP) is 2.87. The van der Waals surface area contributed by atoms with Crippen molar-refractivity contribution in [3.05, 3.63) is 29.8 Å². The van der Waals surface area contributed by atoms with Gasteiger partial charge in [-0.15, -0.1) is 0 Å². The largest absolute Gasteiger partial charge is 0.493 e. The maximum Gasteiger partial charge on any atom is 0.244 e. The van der Waals surface area contributed by atoms with Gasteiger partial charge in [0.15, 0.2) is 11.5 Å². The molecule has 0 atom stereocenters. The van der Waals surface area contributed by atoms with Gasteiger partial charge in [-0.05, 0) is 36.6 Å². The van der Waals surface area contributed by atoms with Crippen LogP contribution in [0.25, 0.3) is 6.08 Å². The minimum atomic E-state index is -0.0620. The summed E-state index contributed by atoms with van der Waals surface area (Å²) in [6, 6.07) is 5.60. The average molecular weight is 389 g/mol. The summed E-state index contributed by atoms with van der Waals surface area (Å²) in [5, 5.41) is 3.15. The molecule has 6 nitrogen and oxygen atoms in total. The van der Waals surface area contributed by atoms with E-state index >= 15 is 0 Å². The van der Waals surface area contributed by atoms with Crippen LogP contribution in [0.4, 0.5) is 0 Å². The van der Waals surface area contributed by atoms with E-state index in [1.165, 1.54) is 19.3 Å². The van der Waals surface area contributed by atoms with Crippen LogP contribution >= 0.6 is 0 Å². The Hall–Kier alpha value is -2.05. The lowest BCUT2D eigenvalue weighted by molar-refractivity contribution is -0.117. The van der Waals surface area contributed by atoms with E-state index in [1.54, 1.807) is 26.4 Å². The first-order chi connectivity index (χ1) is 13.7. The number of hydrogen-bond donors (Lipinski definition) is 1. The molecule has 2 fully saturated rings. The first-order valence-electron chi connectivity index (χ1n) is 10.2. The summed E-state index contributed by atoms with van der Waals surface area (Å²) >= 11 is 0. The molecule has 154 valence electrons. The van der Waals surface area contributed by atoms with Gasteiger partial charge in [-0.1, -0.05) is 25.3 Å². The minimum Gasteiger partial charge on any atom is -0.493 e. The minimum absolute atomic E-state index is 0.0620. The first kappa shape index (κ1) is 20.7. The van der Waals surface area contributed by atoms with Gasteiger partial charge >= 0.3 is 0 Å². The quantitative estimate of drug-likeness (QED) is 0.728. The van der Waals surface area contributed by atoms with Crippen molar-refractivity contribution in [1.82, 2.24) is 10.2 Å². The lowest BCUT2D eigenvalue weighted by Crippen LogP contribution is -2.59. The summed E-state index contributed by atoms with van der Waals surface area (Å²) in [7, 11) is 3.21. The summed E-state index contributed by atoms with van der Waals surface area (Å²) in [6.45, 7) is 4.18. The molecule has 6 heteroatoms. The van der Waals surface area contributed by atoms with Gasteiger partial charge in [0.2, 0.25) is 5.91 Å². The molecule has 1 saturated carbocycles. The Labute approximate surface area is 167 Å². The number of benzene rings is 1. The van der Waals surface area contributed by atoms with Crippen LogP contribution in [0.15, 0.2) is 24.3 Å². The molecule has 0 bridgehead atoms. The molecule has 1 aromatic rings. The van der Waals surface area contributed by atoms with Crippen molar-refractivity contribution in [2.45, 2.75) is 37.6 Å². The number of carbonyl (C=O) groups is 1. The Bertz CT molecular complexity index is 677. The van der Waals surface area contributed by atoms with Crippen molar-refractivity contribution in [3.8, 4) is 11.5 Å². The molecule has 1 amide bonds. The molecular weight excluding hydrogens is 356 g/mol. The zero-order valence-electron chi connectivity index (χ0n) is 17.0. The van der Waals surface area contributed by atoms with E-state index in [0.717, 1.165) is 44.7 Å². The van der Waals surface area contributed by atoms with Gasteiger partial charge < -0.3 is 19.5 Å². The number of morpholine rings is 1. The molecule has 0 unspecified atom stereocenters. The lowest BCUT2D eigenvalue weighted by atomic mass is 9.79. The number of rotatable bonds is 7. The highest BCUT2D eigenvalue weighted by molar-refractivity contribution is 5.91. The van der Waals surface area contributed by atoms with E-state index in [2.05, 4.69) is 10.2 Å². The van der Waals surface area contributed by atoms with Crippen molar-refractivity contribution >= 4 is 12.0 Å². The Balaban J connectivity index is 1.60. The molecule has 3 rings (SSSR count). The van der Waals surface area contributed by atoms with Crippen molar-refractivity contribution < 1.29 is 19.0 Å². The average Bonchev–Trinajstić information content (AvgIpc) is 2.77. The van der Waals surface area contributed by atoms with Gasteiger partial charge in [0.1, 0.15) is 0 Å². The van der Waals surface area contributed by atoms with Crippen LogP contribution < -0.4 is 14.8 Å². The standard InChI is InChI=1S/C22H32N2O4/c1-26-19-8-6-18(16-20(19)27-2)7-9-21(25)23-17-22(10-4-3-5-11-22)24-12-14-28-15-13-24/h6-9,16H,3-5,10-15,17H2,1-2H3,(H,23,25)/b9-7+. The van der Waals surface area contributed by atoms with Gasteiger partial charge in [0, 0.05) is 31.2 Å². The molecule has 28 heavy (non-hydrogen) atoms. The van der Waals surface area contributed by atoms with E-state index in [9.17, 15) is 4.79 Å². The number of hydrogen-bond acceptors (Lipinski definition) is 5. The maximum absolute atomic E-state index is 12.5. The van der Waals surface area contributed by atoms with Gasteiger partial charge in [-0.2, -0.15) is 0 Å². The van der Waals surface area contributed by atoms with Crippen LogP contribution in [-0.2, 0) is 9.53 Å². The van der Waals surface area contributed by atoms with Crippen molar-refractivity contribution in [1.29, 1.82) is 0 Å². The molecule has 2 aliphatic rings. The number of carbonyl (C=O) groups excluding carboxylic acids is 1. The van der Waals surface area contributed by atoms with Crippen LogP contribution in [0, 0.1) is 0 Å². The zero-order chi connectivity index (χ0) is 19.8. The monoisotopic (exact) mass is 388 g/mol. The molecule has 1 saturated heterocycles. The fraction of sp³-hybridized carbons (Fsp3) is 0.591. The second-order valence-electron chi connectivity index (χ2n) is 7.55. The number of amides is 1. The summed E-state index contributed by atoms with van der Waals surface area (Å²) in [6.07, 6.45) is 9.44. The number of methoxy groups -OCH3 is 2. The topological polar surface area (TPSA) is 60.0 Å². The van der Waals surface area contributed by atoms with Crippen LogP contribution in [0.2, 0.25) is 0 Å². The number of ether oxygens (including phenoxy) is 3. The summed E-state index contributed by atoms with van der Waals surface area (Å²) < 4.78 is 16.1.